The molecule has 0 aliphatic carbocycles. The fraction of sp³-hybridized carbons (Fsp3) is 0.462. The summed E-state index contributed by atoms with van der Waals surface area (Å²) in [5, 5.41) is 14.3. The minimum absolute atomic E-state index is 0.0930. The Morgan fingerprint density at radius 3 is 2.80 bits per heavy atom. The molecule has 7 heteroatoms. The number of halogens is 1. The van der Waals surface area contributed by atoms with Crippen LogP contribution in [0.15, 0.2) is 18.2 Å². The molecule has 0 aliphatic rings. The third-order valence-corrected chi connectivity index (χ3v) is 3.30. The number of hydrogen-bond acceptors (Lipinski definition) is 4. The molecular formula is C13H17BrN2O4. The number of ether oxygens (including phenoxy) is 1. The maximum Gasteiger partial charge on any atom is 0.270 e. The second kappa shape index (κ2) is 7.96. The molecule has 0 bridgehead atoms. The number of hydrogen-bond donors (Lipinski definition) is 1. The predicted molar refractivity (Wildman–Crippen MR) is 79.4 cm³/mol. The van der Waals surface area contributed by atoms with Gasteiger partial charge in [-0.3, -0.25) is 14.9 Å². The molecule has 1 N–H and O–H groups in total. The summed E-state index contributed by atoms with van der Waals surface area (Å²) in [5.74, 6) is -0.325. The zero-order valence-electron chi connectivity index (χ0n) is 11.4. The SMILES string of the molecule is COCC(CCBr)NC(=O)c1cc([N+](=O)[O-])ccc1C. The van der Waals surface area contributed by atoms with Gasteiger partial charge in [-0.05, 0) is 18.9 Å². The Kier molecular flexibility index (Phi) is 6.60. The van der Waals surface area contributed by atoms with E-state index in [9.17, 15) is 14.9 Å². The van der Waals surface area contributed by atoms with Crippen molar-refractivity contribution >= 4 is 27.5 Å². The van der Waals surface area contributed by atoms with Gasteiger partial charge in [-0.2, -0.15) is 0 Å². The van der Waals surface area contributed by atoms with Crippen molar-refractivity contribution in [3.8, 4) is 0 Å². The summed E-state index contributed by atoms with van der Waals surface area (Å²) in [6, 6.07) is 4.12. The van der Waals surface area contributed by atoms with Crippen LogP contribution in [0.3, 0.4) is 0 Å². The van der Waals surface area contributed by atoms with Gasteiger partial charge in [0, 0.05) is 30.1 Å². The minimum Gasteiger partial charge on any atom is -0.383 e. The van der Waals surface area contributed by atoms with Gasteiger partial charge in [-0.25, -0.2) is 0 Å². The van der Waals surface area contributed by atoms with Crippen molar-refractivity contribution in [1.82, 2.24) is 5.32 Å². The number of rotatable bonds is 7. The van der Waals surface area contributed by atoms with Crippen LogP contribution in [0.5, 0.6) is 0 Å². The quantitative estimate of drug-likeness (QED) is 0.468. The molecule has 110 valence electrons. The highest BCUT2D eigenvalue weighted by atomic mass is 79.9. The van der Waals surface area contributed by atoms with Crippen molar-refractivity contribution in [2.45, 2.75) is 19.4 Å². The maximum absolute atomic E-state index is 12.2. The Hall–Kier alpha value is -1.47. The lowest BCUT2D eigenvalue weighted by atomic mass is 10.1. The molecule has 0 saturated carbocycles. The number of carbonyl (C=O) groups excluding carboxylic acids is 1. The number of nitrogens with one attached hydrogen (secondary N) is 1. The van der Waals surface area contributed by atoms with Gasteiger partial charge < -0.3 is 10.1 Å². The lowest BCUT2D eigenvalue weighted by molar-refractivity contribution is -0.384. The minimum atomic E-state index is -0.513. The monoisotopic (exact) mass is 344 g/mol. The number of nitro groups is 1. The van der Waals surface area contributed by atoms with E-state index in [1.54, 1.807) is 20.1 Å². The zero-order chi connectivity index (χ0) is 15.1. The van der Waals surface area contributed by atoms with Gasteiger partial charge in [0.05, 0.1) is 17.6 Å². The molecule has 0 aromatic heterocycles. The molecule has 0 heterocycles. The maximum atomic E-state index is 12.2. The third-order valence-electron chi connectivity index (χ3n) is 2.84. The summed E-state index contributed by atoms with van der Waals surface area (Å²) in [7, 11) is 1.56. The molecule has 1 rings (SSSR count). The average molecular weight is 345 g/mol. The molecule has 0 aliphatic heterocycles. The van der Waals surface area contributed by atoms with Crippen LogP contribution in [-0.4, -0.2) is 35.9 Å². The van der Waals surface area contributed by atoms with Crippen molar-refractivity contribution in [3.63, 3.8) is 0 Å². The van der Waals surface area contributed by atoms with Crippen LogP contribution >= 0.6 is 15.9 Å². The fourth-order valence-electron chi connectivity index (χ4n) is 1.76. The first-order chi connectivity index (χ1) is 9.49. The predicted octanol–water partition coefficient (Wildman–Crippen LogP) is 2.43. The van der Waals surface area contributed by atoms with Gasteiger partial charge in [0.15, 0.2) is 0 Å². The smallest absolute Gasteiger partial charge is 0.270 e. The fourth-order valence-corrected chi connectivity index (χ4v) is 2.31. The van der Waals surface area contributed by atoms with Crippen LogP contribution < -0.4 is 5.32 Å². The van der Waals surface area contributed by atoms with Gasteiger partial charge in [0.2, 0.25) is 0 Å². The lowest BCUT2D eigenvalue weighted by Crippen LogP contribution is -2.38. The molecule has 0 fully saturated rings. The van der Waals surface area contributed by atoms with Crippen molar-refractivity contribution in [2.24, 2.45) is 0 Å². The van der Waals surface area contributed by atoms with E-state index in [0.717, 1.165) is 5.33 Å². The third kappa shape index (κ3) is 4.57. The number of nitrogens with zero attached hydrogens (tertiary/aromatic N) is 1. The number of benzene rings is 1. The first-order valence-corrected chi connectivity index (χ1v) is 7.22. The van der Waals surface area contributed by atoms with Crippen LogP contribution in [0.1, 0.15) is 22.3 Å². The van der Waals surface area contributed by atoms with E-state index in [1.165, 1.54) is 12.1 Å². The summed E-state index contributed by atoms with van der Waals surface area (Å²) in [6.45, 7) is 2.14. The van der Waals surface area contributed by atoms with Gasteiger partial charge >= 0.3 is 0 Å². The summed E-state index contributed by atoms with van der Waals surface area (Å²) < 4.78 is 5.04. The van der Waals surface area contributed by atoms with Crippen molar-refractivity contribution < 1.29 is 14.5 Å². The van der Waals surface area contributed by atoms with E-state index in [4.69, 9.17) is 4.74 Å². The zero-order valence-corrected chi connectivity index (χ0v) is 13.0. The summed E-state index contributed by atoms with van der Waals surface area (Å²) >= 11 is 3.32. The van der Waals surface area contributed by atoms with Crippen LogP contribution in [0, 0.1) is 17.0 Å². The Morgan fingerprint density at radius 2 is 2.25 bits per heavy atom. The lowest BCUT2D eigenvalue weighted by Gasteiger charge is -2.17. The number of alkyl halides is 1. The average Bonchev–Trinajstić information content (AvgIpc) is 2.39. The molecule has 1 aromatic rings. The highest BCUT2D eigenvalue weighted by molar-refractivity contribution is 9.09. The van der Waals surface area contributed by atoms with E-state index in [1.807, 2.05) is 0 Å². The van der Waals surface area contributed by atoms with Crippen LogP contribution in [0.25, 0.3) is 0 Å². The molecule has 1 aromatic carbocycles. The van der Waals surface area contributed by atoms with Crippen molar-refractivity contribution in [1.29, 1.82) is 0 Å². The number of amides is 1. The Bertz CT molecular complexity index is 487. The number of nitro benzene ring substituents is 1. The molecule has 20 heavy (non-hydrogen) atoms. The standard InChI is InChI=1S/C13H17BrN2O4/c1-9-3-4-11(16(18)19)7-12(9)13(17)15-10(5-6-14)8-20-2/h3-4,7,10H,5-6,8H2,1-2H3,(H,15,17). The van der Waals surface area contributed by atoms with Gasteiger partial charge in [0.25, 0.3) is 11.6 Å². The van der Waals surface area contributed by atoms with E-state index >= 15 is 0 Å². The Labute approximate surface area is 125 Å². The first-order valence-electron chi connectivity index (χ1n) is 6.10. The molecule has 1 amide bonds. The summed E-state index contributed by atoms with van der Waals surface area (Å²) in [6.07, 6.45) is 0.716. The van der Waals surface area contributed by atoms with E-state index in [0.29, 0.717) is 24.2 Å². The topological polar surface area (TPSA) is 81.5 Å². The summed E-state index contributed by atoms with van der Waals surface area (Å²) in [5.41, 5.74) is 0.919. The second-order valence-corrected chi connectivity index (χ2v) is 5.15. The summed E-state index contributed by atoms with van der Waals surface area (Å²) in [4.78, 5) is 22.4. The van der Waals surface area contributed by atoms with Crippen LogP contribution in [0.2, 0.25) is 0 Å². The second-order valence-electron chi connectivity index (χ2n) is 4.36. The molecule has 1 unspecified atom stereocenters. The van der Waals surface area contributed by atoms with Crippen LogP contribution in [-0.2, 0) is 4.74 Å². The number of carbonyl (C=O) groups is 1. The molecule has 1 atom stereocenters. The largest absolute Gasteiger partial charge is 0.383 e. The van der Waals surface area contributed by atoms with Crippen molar-refractivity contribution in [2.75, 3.05) is 19.0 Å². The van der Waals surface area contributed by atoms with E-state index < -0.39 is 4.92 Å². The first kappa shape index (κ1) is 16.6. The van der Waals surface area contributed by atoms with Gasteiger partial charge in [-0.1, -0.05) is 22.0 Å². The highest BCUT2D eigenvalue weighted by Crippen LogP contribution is 2.17. The van der Waals surface area contributed by atoms with Crippen molar-refractivity contribution in [3.05, 3.63) is 39.4 Å². The number of non-ortho nitro benzene ring substituents is 1. The molecule has 0 radical (unpaired) electrons. The van der Waals surface area contributed by atoms with Gasteiger partial charge in [-0.15, -0.1) is 0 Å². The molecular weight excluding hydrogens is 328 g/mol. The number of aryl methyl sites for hydroxylation is 1. The van der Waals surface area contributed by atoms with E-state index in [2.05, 4.69) is 21.2 Å². The normalized spacial score (nSPS) is 11.9. The highest BCUT2D eigenvalue weighted by Gasteiger charge is 2.17. The van der Waals surface area contributed by atoms with Gasteiger partial charge in [0.1, 0.15) is 0 Å². The molecule has 0 spiro atoms. The molecule has 6 nitrogen and oxygen atoms in total. The van der Waals surface area contributed by atoms with E-state index in [-0.39, 0.29) is 17.6 Å². The Morgan fingerprint density at radius 1 is 1.55 bits per heavy atom. The number of methoxy groups -OCH3 is 1. The Balaban J connectivity index is 2.90. The molecule has 0 saturated heterocycles. The van der Waals surface area contributed by atoms with Crippen LogP contribution in [0.4, 0.5) is 5.69 Å².